The zero-order valence-corrected chi connectivity index (χ0v) is 26.6. The topological polar surface area (TPSA) is 3.24 Å². The molecule has 0 N–H and O–H groups in total. The Morgan fingerprint density at radius 2 is 1.50 bits per heavy atom. The molecule has 2 heterocycles. The van der Waals surface area contributed by atoms with Gasteiger partial charge in [-0.15, -0.1) is 0 Å². The van der Waals surface area contributed by atoms with Crippen LogP contribution >= 0.6 is 0 Å². The van der Waals surface area contributed by atoms with Crippen LogP contribution in [0.5, 0.6) is 0 Å². The third-order valence-electron chi connectivity index (χ3n) is 10.6. The molecule has 1 atom stereocenters. The Morgan fingerprint density at radius 1 is 0.750 bits per heavy atom. The maximum Gasteiger partial charge on any atom is 0.248 e. The minimum atomic E-state index is -0.0393. The summed E-state index contributed by atoms with van der Waals surface area (Å²) < 4.78 is 0. The van der Waals surface area contributed by atoms with Gasteiger partial charge >= 0.3 is 0 Å². The van der Waals surface area contributed by atoms with Gasteiger partial charge in [0.15, 0.2) is 0 Å². The standard InChI is InChI=1S/C42H38BN/c1-41(2,3)31-24-32(42(4,5)6)40-39-38(31)30-14-7-8-15-33(30)43(39)34-16-9-10-17-35(34)44(40)29-22-27-20-18-25-12-11-13-26-19-21-28(23-29)37(27)36(25)26/h7-20,22-24,36H,21H2,1-6H3. The maximum atomic E-state index is 2.64. The highest BCUT2D eigenvalue weighted by Crippen LogP contribution is 2.51. The zero-order chi connectivity index (χ0) is 30.1. The summed E-state index contributed by atoms with van der Waals surface area (Å²) in [6.45, 7) is 14.6. The molecule has 0 aromatic heterocycles. The Bertz CT molecular complexity index is 2070. The van der Waals surface area contributed by atoms with Crippen molar-refractivity contribution >= 4 is 46.2 Å². The second-order valence-corrected chi connectivity index (χ2v) is 15.3. The van der Waals surface area contributed by atoms with Crippen LogP contribution in [-0.2, 0) is 17.3 Å². The number of benzene rings is 4. The summed E-state index contributed by atoms with van der Waals surface area (Å²) in [5.74, 6) is 0.366. The second-order valence-electron chi connectivity index (χ2n) is 15.3. The largest absolute Gasteiger partial charge is 0.311 e. The molecule has 4 aromatic carbocycles. The van der Waals surface area contributed by atoms with E-state index < -0.39 is 0 Å². The van der Waals surface area contributed by atoms with Crippen LogP contribution in [0.3, 0.4) is 0 Å². The molecule has 1 unspecified atom stereocenters. The predicted octanol–water partition coefficient (Wildman–Crippen LogP) is 8.65. The van der Waals surface area contributed by atoms with Crippen molar-refractivity contribution in [2.45, 2.75) is 64.7 Å². The van der Waals surface area contributed by atoms with Gasteiger partial charge < -0.3 is 4.90 Å². The van der Waals surface area contributed by atoms with Crippen molar-refractivity contribution in [3.63, 3.8) is 0 Å². The van der Waals surface area contributed by atoms with Gasteiger partial charge in [0.2, 0.25) is 6.71 Å². The Hall–Kier alpha value is -4.30. The first-order valence-electron chi connectivity index (χ1n) is 16.2. The zero-order valence-electron chi connectivity index (χ0n) is 26.6. The van der Waals surface area contributed by atoms with Crippen LogP contribution in [0.25, 0.3) is 17.2 Å². The van der Waals surface area contributed by atoms with Gasteiger partial charge in [-0.05, 0) is 96.5 Å². The number of anilines is 3. The molecule has 0 radical (unpaired) electrons. The summed E-state index contributed by atoms with van der Waals surface area (Å²) in [5, 5.41) is 0. The fourth-order valence-corrected chi connectivity index (χ4v) is 8.70. The van der Waals surface area contributed by atoms with Gasteiger partial charge in [0.05, 0.1) is 0 Å². The molecule has 2 heteroatoms. The quantitative estimate of drug-likeness (QED) is 0.180. The van der Waals surface area contributed by atoms with Crippen molar-refractivity contribution in [2.24, 2.45) is 0 Å². The van der Waals surface area contributed by atoms with Crippen molar-refractivity contribution in [1.29, 1.82) is 0 Å². The molecular formula is C42H38BN. The average Bonchev–Trinajstić information content (AvgIpc) is 3.35. The van der Waals surface area contributed by atoms with E-state index in [9.17, 15) is 0 Å². The molecule has 44 heavy (non-hydrogen) atoms. The third-order valence-corrected chi connectivity index (χ3v) is 10.6. The molecule has 4 aromatic rings. The van der Waals surface area contributed by atoms with Crippen molar-refractivity contribution in [3.05, 3.63) is 136 Å². The summed E-state index contributed by atoms with van der Waals surface area (Å²) >= 11 is 0. The number of allylic oxidation sites excluding steroid dienone is 7. The van der Waals surface area contributed by atoms with Gasteiger partial charge in [0.1, 0.15) is 0 Å². The van der Waals surface area contributed by atoms with E-state index >= 15 is 0 Å². The summed E-state index contributed by atoms with van der Waals surface area (Å²) in [5.41, 5.74) is 21.2. The Morgan fingerprint density at radius 3 is 2.30 bits per heavy atom. The van der Waals surface area contributed by atoms with Crippen LogP contribution in [0.15, 0.2) is 108 Å². The summed E-state index contributed by atoms with van der Waals surface area (Å²) in [6.07, 6.45) is 14.9. The molecule has 0 fully saturated rings. The van der Waals surface area contributed by atoms with Gasteiger partial charge in [-0.2, -0.15) is 0 Å². The lowest BCUT2D eigenvalue weighted by molar-refractivity contribution is 0.571. The van der Waals surface area contributed by atoms with Crippen LogP contribution in [0.1, 0.15) is 75.3 Å². The molecule has 0 bridgehead atoms. The summed E-state index contributed by atoms with van der Waals surface area (Å²) in [6, 6.07) is 25.9. The van der Waals surface area contributed by atoms with E-state index in [-0.39, 0.29) is 17.5 Å². The maximum absolute atomic E-state index is 2.64. The lowest BCUT2D eigenvalue weighted by Gasteiger charge is -2.42. The van der Waals surface area contributed by atoms with Crippen LogP contribution < -0.4 is 21.3 Å². The Labute approximate surface area is 262 Å². The van der Waals surface area contributed by atoms with Crippen LogP contribution in [0, 0.1) is 0 Å². The van der Waals surface area contributed by atoms with Crippen molar-refractivity contribution < 1.29 is 0 Å². The Balaban J connectivity index is 1.39. The molecule has 0 spiro atoms. The number of hydrogen-bond donors (Lipinski definition) is 0. The lowest BCUT2D eigenvalue weighted by Crippen LogP contribution is -2.55. The van der Waals surface area contributed by atoms with Crippen molar-refractivity contribution in [2.75, 3.05) is 4.90 Å². The highest BCUT2D eigenvalue weighted by molar-refractivity contribution is 7.01. The van der Waals surface area contributed by atoms with Gasteiger partial charge in [-0.25, -0.2) is 0 Å². The molecule has 0 saturated heterocycles. The molecular weight excluding hydrogens is 529 g/mol. The van der Waals surface area contributed by atoms with Gasteiger partial charge in [-0.1, -0.05) is 132 Å². The van der Waals surface area contributed by atoms with E-state index in [2.05, 4.69) is 150 Å². The minimum Gasteiger partial charge on any atom is -0.311 e. The van der Waals surface area contributed by atoms with E-state index in [0.717, 1.165) is 6.42 Å². The first-order valence-corrected chi connectivity index (χ1v) is 16.2. The summed E-state index contributed by atoms with van der Waals surface area (Å²) in [4.78, 5) is 2.64. The highest BCUT2D eigenvalue weighted by atomic mass is 15.2. The van der Waals surface area contributed by atoms with E-state index in [1.54, 1.807) is 0 Å². The fraction of sp³-hybridized carbons (Fsp3) is 0.238. The molecule has 9 rings (SSSR count). The lowest BCUT2D eigenvalue weighted by atomic mass is 9.36. The molecule has 2 aliphatic heterocycles. The first-order chi connectivity index (χ1) is 21.1. The molecule has 5 aliphatic rings. The van der Waals surface area contributed by atoms with Gasteiger partial charge in [-0.3, -0.25) is 0 Å². The predicted molar refractivity (Wildman–Crippen MR) is 189 cm³/mol. The number of nitrogens with zero attached hydrogens (tertiary/aromatic N) is 1. The molecule has 214 valence electrons. The average molecular weight is 568 g/mol. The number of fused-ring (bicyclic) bond motifs is 5. The summed E-state index contributed by atoms with van der Waals surface area (Å²) in [7, 11) is 0. The molecule has 1 nitrogen and oxygen atoms in total. The van der Waals surface area contributed by atoms with Gasteiger partial charge in [0.25, 0.3) is 0 Å². The van der Waals surface area contributed by atoms with E-state index in [4.69, 9.17) is 0 Å². The molecule has 0 amide bonds. The van der Waals surface area contributed by atoms with Crippen LogP contribution in [0.4, 0.5) is 17.1 Å². The molecule has 3 aliphatic carbocycles. The Kier molecular flexibility index (Phi) is 5.15. The van der Waals surface area contributed by atoms with E-state index in [1.807, 2.05) is 0 Å². The molecule has 0 saturated carbocycles. The van der Waals surface area contributed by atoms with Gasteiger partial charge in [0, 0.05) is 23.0 Å². The monoisotopic (exact) mass is 567 g/mol. The first kappa shape index (κ1) is 26.1. The SMILES string of the molecule is CC(C)(C)c1cc(C(C)(C)C)c2c3c1-c1ccccc1B3c1ccccc1N2c1cc2c3c(c1)CC=C1C=CC=C(C=C2)C13. The van der Waals surface area contributed by atoms with Crippen molar-refractivity contribution in [3.8, 4) is 11.1 Å². The smallest absolute Gasteiger partial charge is 0.248 e. The number of rotatable bonds is 1. The normalized spacial score (nSPS) is 18.4. The third kappa shape index (κ3) is 3.43. The highest BCUT2D eigenvalue weighted by Gasteiger charge is 2.46. The van der Waals surface area contributed by atoms with Crippen molar-refractivity contribution in [1.82, 2.24) is 0 Å². The minimum absolute atomic E-state index is 0.0126. The van der Waals surface area contributed by atoms with Crippen LogP contribution in [0.2, 0.25) is 0 Å². The number of para-hydroxylation sites is 1. The fourth-order valence-electron chi connectivity index (χ4n) is 8.70. The van der Waals surface area contributed by atoms with E-state index in [0.29, 0.717) is 5.92 Å². The second kappa shape index (κ2) is 8.66. The number of hydrogen-bond acceptors (Lipinski definition) is 1. The van der Waals surface area contributed by atoms with E-state index in [1.165, 1.54) is 83.5 Å². The van der Waals surface area contributed by atoms with Crippen LogP contribution in [-0.4, -0.2) is 6.71 Å².